The Balaban J connectivity index is 1.95. The number of rotatable bonds is 6. The monoisotopic (exact) mass is 310 g/mol. The molecule has 0 amide bonds. The van der Waals surface area contributed by atoms with Gasteiger partial charge in [-0.25, -0.2) is 13.4 Å². The highest BCUT2D eigenvalue weighted by molar-refractivity contribution is 7.91. The number of thiazole rings is 1. The number of hydrogen-bond donors (Lipinski definition) is 1. The highest BCUT2D eigenvalue weighted by Crippen LogP contribution is 2.13. The van der Waals surface area contributed by atoms with Crippen molar-refractivity contribution in [1.82, 2.24) is 10.3 Å². The zero-order valence-corrected chi connectivity index (χ0v) is 13.2. The van der Waals surface area contributed by atoms with Crippen molar-refractivity contribution in [3.8, 4) is 0 Å². The van der Waals surface area contributed by atoms with E-state index in [-0.39, 0.29) is 11.8 Å². The van der Waals surface area contributed by atoms with Crippen LogP contribution in [0, 0.1) is 6.92 Å². The second kappa shape index (κ2) is 6.47. The van der Waals surface area contributed by atoms with Crippen molar-refractivity contribution in [2.45, 2.75) is 31.3 Å². The summed E-state index contributed by atoms with van der Waals surface area (Å²) in [5.41, 5.74) is 3.76. The predicted molar refractivity (Wildman–Crippen MR) is 81.6 cm³/mol. The predicted octanol–water partition coefficient (Wildman–Crippen LogP) is 2.40. The Morgan fingerprint density at radius 3 is 2.60 bits per heavy atom. The van der Waals surface area contributed by atoms with Crippen molar-refractivity contribution in [2.75, 3.05) is 5.75 Å². The van der Waals surface area contributed by atoms with E-state index in [0.29, 0.717) is 11.4 Å². The molecule has 1 heterocycles. The van der Waals surface area contributed by atoms with Gasteiger partial charge in [-0.15, -0.1) is 11.3 Å². The SMILES string of the molecule is Cc1ccc(S(=O)(=O)CC(C)NCc2cscn2)cc1. The van der Waals surface area contributed by atoms with Crippen molar-refractivity contribution < 1.29 is 8.42 Å². The smallest absolute Gasteiger partial charge is 0.179 e. The molecule has 1 aromatic carbocycles. The average molecular weight is 310 g/mol. The Bertz CT molecular complexity index is 634. The molecule has 0 aliphatic carbocycles. The summed E-state index contributed by atoms with van der Waals surface area (Å²) in [7, 11) is -3.25. The topological polar surface area (TPSA) is 59.1 Å². The molecule has 0 aliphatic rings. The maximum absolute atomic E-state index is 12.3. The fourth-order valence-electron chi connectivity index (χ4n) is 1.83. The summed E-state index contributed by atoms with van der Waals surface area (Å²) in [4.78, 5) is 4.54. The third-order valence-corrected chi connectivity index (χ3v) is 5.53. The Morgan fingerprint density at radius 2 is 2.00 bits per heavy atom. The van der Waals surface area contributed by atoms with Crippen LogP contribution in [-0.4, -0.2) is 25.2 Å². The Labute approximate surface area is 123 Å². The second-order valence-electron chi connectivity index (χ2n) is 4.86. The van der Waals surface area contributed by atoms with Gasteiger partial charge in [0.25, 0.3) is 0 Å². The molecule has 0 bridgehead atoms. The number of benzene rings is 1. The Morgan fingerprint density at radius 1 is 1.30 bits per heavy atom. The molecule has 0 fully saturated rings. The first-order valence-electron chi connectivity index (χ1n) is 6.37. The Hall–Kier alpha value is -1.24. The third kappa shape index (κ3) is 4.13. The molecule has 1 atom stereocenters. The van der Waals surface area contributed by atoms with Gasteiger partial charge in [0.05, 0.1) is 21.9 Å². The summed E-state index contributed by atoms with van der Waals surface area (Å²) >= 11 is 1.53. The lowest BCUT2D eigenvalue weighted by molar-refractivity contribution is 0.553. The first-order valence-corrected chi connectivity index (χ1v) is 8.97. The molecule has 0 radical (unpaired) electrons. The van der Waals surface area contributed by atoms with Crippen LogP contribution in [0.4, 0.5) is 0 Å². The minimum absolute atomic E-state index is 0.0835. The lowest BCUT2D eigenvalue weighted by Gasteiger charge is -2.13. The molecule has 108 valence electrons. The molecule has 20 heavy (non-hydrogen) atoms. The number of sulfone groups is 1. The fraction of sp³-hybridized carbons (Fsp3) is 0.357. The van der Waals surface area contributed by atoms with Crippen LogP contribution >= 0.6 is 11.3 Å². The second-order valence-corrected chi connectivity index (χ2v) is 7.61. The molecule has 1 aromatic heterocycles. The van der Waals surface area contributed by atoms with E-state index in [1.54, 1.807) is 17.6 Å². The van der Waals surface area contributed by atoms with Crippen LogP contribution in [0.3, 0.4) is 0 Å². The zero-order chi connectivity index (χ0) is 14.6. The molecular weight excluding hydrogens is 292 g/mol. The van der Waals surface area contributed by atoms with Crippen molar-refractivity contribution in [1.29, 1.82) is 0 Å². The van der Waals surface area contributed by atoms with Crippen molar-refractivity contribution in [3.63, 3.8) is 0 Å². The Kier molecular flexibility index (Phi) is 4.91. The van der Waals surface area contributed by atoms with E-state index >= 15 is 0 Å². The molecule has 1 unspecified atom stereocenters. The molecule has 0 saturated heterocycles. The number of nitrogens with zero attached hydrogens (tertiary/aromatic N) is 1. The van der Waals surface area contributed by atoms with Crippen molar-refractivity contribution in [2.24, 2.45) is 0 Å². The minimum Gasteiger partial charge on any atom is -0.308 e. The fourth-order valence-corrected chi connectivity index (χ4v) is 3.91. The molecular formula is C14H18N2O2S2. The minimum atomic E-state index is -3.25. The lowest BCUT2D eigenvalue weighted by Crippen LogP contribution is -2.32. The molecule has 0 saturated carbocycles. The van der Waals surface area contributed by atoms with Crippen LogP contribution in [0.2, 0.25) is 0 Å². The van der Waals surface area contributed by atoms with E-state index in [4.69, 9.17) is 0 Å². The molecule has 4 nitrogen and oxygen atoms in total. The van der Waals surface area contributed by atoms with Crippen molar-refractivity contribution in [3.05, 3.63) is 46.4 Å². The van der Waals surface area contributed by atoms with Gasteiger partial charge in [0.15, 0.2) is 9.84 Å². The van der Waals surface area contributed by atoms with Gasteiger partial charge in [0.2, 0.25) is 0 Å². The standard InChI is InChI=1S/C14H18N2O2S2/c1-11-3-5-14(6-4-11)20(17,18)9-12(2)15-7-13-8-19-10-16-13/h3-6,8,10,12,15H,7,9H2,1-2H3. The van der Waals surface area contributed by atoms with Gasteiger partial charge >= 0.3 is 0 Å². The maximum Gasteiger partial charge on any atom is 0.179 e. The highest BCUT2D eigenvalue weighted by Gasteiger charge is 2.18. The largest absolute Gasteiger partial charge is 0.308 e. The van der Waals surface area contributed by atoms with Gasteiger partial charge in [0.1, 0.15) is 0 Å². The van der Waals surface area contributed by atoms with Crippen LogP contribution in [-0.2, 0) is 16.4 Å². The van der Waals surface area contributed by atoms with Crippen LogP contribution in [0.1, 0.15) is 18.2 Å². The van der Waals surface area contributed by atoms with E-state index in [1.807, 2.05) is 31.4 Å². The van der Waals surface area contributed by atoms with Crippen LogP contribution < -0.4 is 5.32 Å². The van der Waals surface area contributed by atoms with E-state index < -0.39 is 9.84 Å². The maximum atomic E-state index is 12.3. The molecule has 2 aromatic rings. The van der Waals surface area contributed by atoms with Gasteiger partial charge in [0, 0.05) is 18.0 Å². The normalized spacial score (nSPS) is 13.3. The van der Waals surface area contributed by atoms with Crippen molar-refractivity contribution >= 4 is 21.2 Å². The number of aromatic nitrogens is 1. The van der Waals surface area contributed by atoms with Gasteiger partial charge in [-0.2, -0.15) is 0 Å². The van der Waals surface area contributed by atoms with E-state index in [1.165, 1.54) is 11.3 Å². The summed E-state index contributed by atoms with van der Waals surface area (Å²) in [6.07, 6.45) is 0. The highest BCUT2D eigenvalue weighted by atomic mass is 32.2. The van der Waals surface area contributed by atoms with Gasteiger partial charge in [-0.1, -0.05) is 17.7 Å². The first-order chi connectivity index (χ1) is 9.47. The third-order valence-electron chi connectivity index (χ3n) is 2.96. The molecule has 2 rings (SSSR count). The number of nitrogens with one attached hydrogen (secondary N) is 1. The van der Waals surface area contributed by atoms with Gasteiger partial charge in [-0.05, 0) is 26.0 Å². The number of hydrogen-bond acceptors (Lipinski definition) is 5. The van der Waals surface area contributed by atoms with Crippen LogP contribution in [0.5, 0.6) is 0 Å². The summed E-state index contributed by atoms with van der Waals surface area (Å²) in [5, 5.41) is 5.14. The van der Waals surface area contributed by atoms with Crippen LogP contribution in [0.15, 0.2) is 40.1 Å². The lowest BCUT2D eigenvalue weighted by atomic mass is 10.2. The molecule has 0 spiro atoms. The van der Waals surface area contributed by atoms with E-state index in [0.717, 1.165) is 11.3 Å². The van der Waals surface area contributed by atoms with Gasteiger partial charge in [-0.3, -0.25) is 0 Å². The first kappa shape index (κ1) is 15.2. The van der Waals surface area contributed by atoms with Gasteiger partial charge < -0.3 is 5.32 Å². The average Bonchev–Trinajstić information content (AvgIpc) is 2.89. The summed E-state index contributed by atoms with van der Waals surface area (Å²) in [5.74, 6) is 0.0835. The summed E-state index contributed by atoms with van der Waals surface area (Å²) in [6, 6.07) is 6.85. The van der Waals surface area contributed by atoms with E-state index in [9.17, 15) is 8.42 Å². The zero-order valence-electron chi connectivity index (χ0n) is 11.5. The quantitative estimate of drug-likeness (QED) is 0.890. The number of aryl methyl sites for hydroxylation is 1. The van der Waals surface area contributed by atoms with Crippen LogP contribution in [0.25, 0.3) is 0 Å². The molecule has 0 aliphatic heterocycles. The summed E-state index contributed by atoms with van der Waals surface area (Å²) in [6.45, 7) is 4.40. The molecule has 1 N–H and O–H groups in total. The summed E-state index contributed by atoms with van der Waals surface area (Å²) < 4.78 is 24.5. The van der Waals surface area contributed by atoms with E-state index in [2.05, 4.69) is 10.3 Å². The molecule has 6 heteroatoms.